The van der Waals surface area contributed by atoms with Gasteiger partial charge in [0.1, 0.15) is 0 Å². The van der Waals surface area contributed by atoms with Crippen LogP contribution in [0.25, 0.3) is 0 Å². The van der Waals surface area contributed by atoms with Crippen molar-refractivity contribution in [3.05, 3.63) is 0 Å². The minimum Gasteiger partial charge on any atom is -0.229 e. The molecule has 0 radical (unpaired) electrons. The van der Waals surface area contributed by atoms with Crippen LogP contribution in [0.4, 0.5) is 0 Å². The average molecular weight is 162 g/mol. The standard InChI is InChI=1S/C7H14O2S/c1-6-3-4-10(8,9)7(2)5-6/h6-7H,3-5H2,1-2H3/t6-,7-/m1/s1. The van der Waals surface area contributed by atoms with E-state index in [1.165, 1.54) is 0 Å². The highest BCUT2D eigenvalue weighted by Crippen LogP contribution is 2.23. The van der Waals surface area contributed by atoms with Crippen molar-refractivity contribution in [2.45, 2.75) is 31.9 Å². The van der Waals surface area contributed by atoms with E-state index in [0.717, 1.165) is 12.8 Å². The first-order chi connectivity index (χ1) is 4.52. The van der Waals surface area contributed by atoms with E-state index in [1.807, 2.05) is 6.92 Å². The molecule has 1 heterocycles. The molecule has 1 aliphatic heterocycles. The van der Waals surface area contributed by atoms with Gasteiger partial charge in [0.15, 0.2) is 9.84 Å². The summed E-state index contributed by atoms with van der Waals surface area (Å²) in [5.74, 6) is 0.994. The van der Waals surface area contributed by atoms with Crippen molar-refractivity contribution in [1.82, 2.24) is 0 Å². The predicted molar refractivity (Wildman–Crippen MR) is 41.6 cm³/mol. The first-order valence-electron chi connectivity index (χ1n) is 3.74. The van der Waals surface area contributed by atoms with Crippen molar-refractivity contribution in [3.8, 4) is 0 Å². The minimum absolute atomic E-state index is 0.101. The van der Waals surface area contributed by atoms with E-state index in [0.29, 0.717) is 11.7 Å². The molecular formula is C7H14O2S. The van der Waals surface area contributed by atoms with E-state index in [2.05, 4.69) is 6.92 Å². The first-order valence-corrected chi connectivity index (χ1v) is 5.45. The monoisotopic (exact) mass is 162 g/mol. The van der Waals surface area contributed by atoms with Gasteiger partial charge in [0.25, 0.3) is 0 Å². The molecular weight excluding hydrogens is 148 g/mol. The van der Waals surface area contributed by atoms with E-state index >= 15 is 0 Å². The van der Waals surface area contributed by atoms with Crippen LogP contribution in [0.15, 0.2) is 0 Å². The molecule has 0 aromatic heterocycles. The Morgan fingerprint density at radius 3 is 2.30 bits per heavy atom. The van der Waals surface area contributed by atoms with Crippen LogP contribution in [0.1, 0.15) is 26.7 Å². The van der Waals surface area contributed by atoms with Crippen molar-refractivity contribution >= 4 is 9.84 Å². The van der Waals surface area contributed by atoms with Gasteiger partial charge in [-0.2, -0.15) is 0 Å². The van der Waals surface area contributed by atoms with Gasteiger partial charge in [0.05, 0.1) is 11.0 Å². The Kier molecular flexibility index (Phi) is 2.04. The maximum atomic E-state index is 11.1. The van der Waals surface area contributed by atoms with Crippen molar-refractivity contribution in [2.24, 2.45) is 5.92 Å². The zero-order valence-electron chi connectivity index (χ0n) is 6.50. The lowest BCUT2D eigenvalue weighted by molar-refractivity contribution is 0.464. The summed E-state index contributed by atoms with van der Waals surface area (Å²) in [6.45, 7) is 3.93. The Labute approximate surface area is 62.5 Å². The van der Waals surface area contributed by atoms with E-state index in [9.17, 15) is 8.42 Å². The van der Waals surface area contributed by atoms with Crippen molar-refractivity contribution in [2.75, 3.05) is 5.75 Å². The third kappa shape index (κ3) is 1.51. The Morgan fingerprint density at radius 1 is 1.30 bits per heavy atom. The van der Waals surface area contributed by atoms with Gasteiger partial charge in [-0.3, -0.25) is 0 Å². The number of sulfone groups is 1. The molecule has 1 saturated heterocycles. The summed E-state index contributed by atoms with van der Waals surface area (Å²) < 4.78 is 22.3. The summed E-state index contributed by atoms with van der Waals surface area (Å²) in [7, 11) is -2.69. The van der Waals surface area contributed by atoms with Crippen LogP contribution >= 0.6 is 0 Å². The summed E-state index contributed by atoms with van der Waals surface area (Å²) in [5, 5.41) is -0.101. The molecule has 2 atom stereocenters. The highest BCUT2D eigenvalue weighted by Gasteiger charge is 2.28. The Balaban J connectivity index is 2.70. The lowest BCUT2D eigenvalue weighted by Crippen LogP contribution is -2.29. The van der Waals surface area contributed by atoms with Crippen LogP contribution in [-0.4, -0.2) is 19.4 Å². The molecule has 60 valence electrons. The van der Waals surface area contributed by atoms with E-state index < -0.39 is 9.84 Å². The van der Waals surface area contributed by atoms with Gasteiger partial charge in [0, 0.05) is 0 Å². The van der Waals surface area contributed by atoms with Crippen LogP contribution < -0.4 is 0 Å². The maximum absolute atomic E-state index is 11.1. The molecule has 10 heavy (non-hydrogen) atoms. The van der Waals surface area contributed by atoms with Crippen LogP contribution in [0.2, 0.25) is 0 Å². The lowest BCUT2D eigenvalue weighted by atomic mass is 10.0. The van der Waals surface area contributed by atoms with Crippen molar-refractivity contribution in [3.63, 3.8) is 0 Å². The second-order valence-corrected chi connectivity index (χ2v) is 5.85. The molecule has 0 amide bonds. The van der Waals surface area contributed by atoms with E-state index in [-0.39, 0.29) is 5.25 Å². The molecule has 0 N–H and O–H groups in total. The number of hydrogen-bond acceptors (Lipinski definition) is 2. The Bertz CT molecular complexity index is 206. The van der Waals surface area contributed by atoms with Gasteiger partial charge in [0.2, 0.25) is 0 Å². The molecule has 0 unspecified atom stereocenters. The second kappa shape index (κ2) is 2.53. The molecule has 2 nitrogen and oxygen atoms in total. The summed E-state index contributed by atoms with van der Waals surface area (Å²) >= 11 is 0. The van der Waals surface area contributed by atoms with Gasteiger partial charge in [-0.15, -0.1) is 0 Å². The molecule has 1 aliphatic rings. The molecule has 0 saturated carbocycles. The summed E-state index contributed by atoms with van der Waals surface area (Å²) in [5.41, 5.74) is 0. The molecule has 1 rings (SSSR count). The highest BCUT2D eigenvalue weighted by atomic mass is 32.2. The minimum atomic E-state index is -2.69. The van der Waals surface area contributed by atoms with Gasteiger partial charge in [-0.25, -0.2) is 8.42 Å². The molecule has 0 spiro atoms. The highest BCUT2D eigenvalue weighted by molar-refractivity contribution is 7.92. The van der Waals surface area contributed by atoms with Crippen LogP contribution in [0.5, 0.6) is 0 Å². The largest absolute Gasteiger partial charge is 0.229 e. The molecule has 0 aliphatic carbocycles. The van der Waals surface area contributed by atoms with Crippen LogP contribution in [0.3, 0.4) is 0 Å². The van der Waals surface area contributed by atoms with Crippen LogP contribution in [0, 0.1) is 5.92 Å². The number of rotatable bonds is 0. The summed E-state index contributed by atoms with van der Waals surface area (Å²) in [4.78, 5) is 0. The van der Waals surface area contributed by atoms with Crippen molar-refractivity contribution in [1.29, 1.82) is 0 Å². The topological polar surface area (TPSA) is 34.1 Å². The molecule has 0 aromatic carbocycles. The first kappa shape index (κ1) is 8.05. The molecule has 3 heteroatoms. The fourth-order valence-electron chi connectivity index (χ4n) is 1.40. The third-order valence-corrected chi connectivity index (χ3v) is 4.47. The van der Waals surface area contributed by atoms with E-state index in [1.54, 1.807) is 0 Å². The van der Waals surface area contributed by atoms with Crippen molar-refractivity contribution < 1.29 is 8.42 Å². The fourth-order valence-corrected chi connectivity index (χ4v) is 3.15. The molecule has 0 aromatic rings. The van der Waals surface area contributed by atoms with E-state index in [4.69, 9.17) is 0 Å². The Morgan fingerprint density at radius 2 is 1.90 bits per heavy atom. The fraction of sp³-hybridized carbons (Fsp3) is 1.00. The Hall–Kier alpha value is -0.0500. The smallest absolute Gasteiger partial charge is 0.152 e. The molecule has 0 bridgehead atoms. The van der Waals surface area contributed by atoms with Gasteiger partial charge >= 0.3 is 0 Å². The van der Waals surface area contributed by atoms with Gasteiger partial charge < -0.3 is 0 Å². The summed E-state index contributed by atoms with van der Waals surface area (Å²) in [6.07, 6.45) is 1.70. The number of hydrogen-bond donors (Lipinski definition) is 0. The second-order valence-electron chi connectivity index (χ2n) is 3.31. The maximum Gasteiger partial charge on any atom is 0.152 e. The molecule has 1 fully saturated rings. The zero-order valence-corrected chi connectivity index (χ0v) is 7.32. The lowest BCUT2D eigenvalue weighted by Gasteiger charge is -2.23. The normalized spacial score (nSPS) is 39.4. The van der Waals surface area contributed by atoms with Gasteiger partial charge in [-0.1, -0.05) is 6.92 Å². The zero-order chi connectivity index (χ0) is 7.78. The summed E-state index contributed by atoms with van der Waals surface area (Å²) in [6, 6.07) is 0. The van der Waals surface area contributed by atoms with Crippen LogP contribution in [-0.2, 0) is 9.84 Å². The third-order valence-electron chi connectivity index (χ3n) is 2.24. The van der Waals surface area contributed by atoms with Gasteiger partial charge in [-0.05, 0) is 25.7 Å². The average Bonchev–Trinajstić information content (AvgIpc) is 1.81. The predicted octanol–water partition coefficient (Wildman–Crippen LogP) is 1.22. The SMILES string of the molecule is C[C@@H]1CCS(=O)(=O)[C@H](C)C1. The quantitative estimate of drug-likeness (QED) is 0.536.